The van der Waals surface area contributed by atoms with E-state index in [1.54, 1.807) is 0 Å². The molecule has 2 aliphatic carbocycles. The minimum Gasteiger partial charge on any atom is -0.316 e. The lowest BCUT2D eigenvalue weighted by Gasteiger charge is -2.32. The maximum absolute atomic E-state index is 3.87. The largest absolute Gasteiger partial charge is 0.316 e. The normalized spacial score (nSPS) is 24.8. The highest BCUT2D eigenvalue weighted by molar-refractivity contribution is 4.87. The van der Waals surface area contributed by atoms with Crippen LogP contribution in [-0.4, -0.2) is 13.1 Å². The van der Waals surface area contributed by atoms with Crippen LogP contribution in [0.15, 0.2) is 0 Å². The molecule has 2 saturated carbocycles. The van der Waals surface area contributed by atoms with E-state index in [-0.39, 0.29) is 0 Å². The molecule has 0 aromatic rings. The monoisotopic (exact) mass is 265 g/mol. The first-order valence-electron chi connectivity index (χ1n) is 8.91. The van der Waals surface area contributed by atoms with Crippen molar-refractivity contribution >= 4 is 0 Å². The van der Waals surface area contributed by atoms with Crippen LogP contribution in [0, 0.1) is 17.3 Å². The summed E-state index contributed by atoms with van der Waals surface area (Å²) in [6, 6.07) is 0. The van der Waals surface area contributed by atoms with Crippen molar-refractivity contribution in [2.24, 2.45) is 17.3 Å². The first-order valence-corrected chi connectivity index (χ1v) is 8.91. The van der Waals surface area contributed by atoms with Crippen LogP contribution in [0.2, 0.25) is 0 Å². The zero-order valence-electron chi connectivity index (χ0n) is 13.3. The molecule has 112 valence electrons. The summed E-state index contributed by atoms with van der Waals surface area (Å²) < 4.78 is 0. The quantitative estimate of drug-likeness (QED) is 0.655. The van der Waals surface area contributed by atoms with Crippen LogP contribution in [0.4, 0.5) is 0 Å². The molecule has 0 heterocycles. The van der Waals surface area contributed by atoms with Gasteiger partial charge in [0.1, 0.15) is 0 Å². The van der Waals surface area contributed by atoms with Gasteiger partial charge in [-0.15, -0.1) is 0 Å². The smallest absolute Gasteiger partial charge is 0.000802 e. The summed E-state index contributed by atoms with van der Waals surface area (Å²) in [6.07, 6.45) is 16.2. The molecule has 19 heavy (non-hydrogen) atoms. The van der Waals surface area contributed by atoms with E-state index in [0.29, 0.717) is 5.41 Å². The molecule has 0 aliphatic heterocycles. The Morgan fingerprint density at radius 2 is 1.58 bits per heavy atom. The highest BCUT2D eigenvalue weighted by Gasteiger charge is 2.33. The lowest BCUT2D eigenvalue weighted by Crippen LogP contribution is -2.35. The van der Waals surface area contributed by atoms with E-state index >= 15 is 0 Å². The third-order valence-corrected chi connectivity index (χ3v) is 5.41. The topological polar surface area (TPSA) is 12.0 Å². The van der Waals surface area contributed by atoms with Crippen LogP contribution in [0.1, 0.15) is 84.5 Å². The molecule has 0 saturated heterocycles. The van der Waals surface area contributed by atoms with Gasteiger partial charge < -0.3 is 5.32 Å². The van der Waals surface area contributed by atoms with Crippen molar-refractivity contribution in [3.05, 3.63) is 0 Å². The Hall–Kier alpha value is -0.0400. The van der Waals surface area contributed by atoms with Gasteiger partial charge in [0, 0.05) is 6.54 Å². The molecule has 0 aromatic carbocycles. The van der Waals surface area contributed by atoms with E-state index in [0.717, 1.165) is 11.8 Å². The summed E-state index contributed by atoms with van der Waals surface area (Å²) in [5, 5.41) is 3.87. The maximum atomic E-state index is 3.87. The van der Waals surface area contributed by atoms with Crippen LogP contribution in [0.3, 0.4) is 0 Å². The summed E-state index contributed by atoms with van der Waals surface area (Å²) in [5.41, 5.74) is 0.652. The molecule has 0 radical (unpaired) electrons. The van der Waals surface area contributed by atoms with Crippen molar-refractivity contribution in [1.29, 1.82) is 0 Å². The first kappa shape index (κ1) is 15.4. The lowest BCUT2D eigenvalue weighted by molar-refractivity contribution is 0.218. The second-order valence-electron chi connectivity index (χ2n) is 7.79. The fourth-order valence-electron chi connectivity index (χ4n) is 4.55. The minimum atomic E-state index is 0.652. The molecule has 0 atom stereocenters. The first-order chi connectivity index (χ1) is 9.20. The van der Waals surface area contributed by atoms with Gasteiger partial charge in [-0.05, 0) is 55.9 Å². The van der Waals surface area contributed by atoms with Gasteiger partial charge in [0.2, 0.25) is 0 Å². The summed E-state index contributed by atoms with van der Waals surface area (Å²) in [5.74, 6) is 1.83. The van der Waals surface area contributed by atoms with E-state index in [1.165, 1.54) is 83.7 Å². The molecule has 0 spiro atoms. The maximum Gasteiger partial charge on any atom is 0.000802 e. The molecule has 2 fully saturated rings. The van der Waals surface area contributed by atoms with Crippen LogP contribution >= 0.6 is 0 Å². The van der Waals surface area contributed by atoms with Crippen LogP contribution in [0.25, 0.3) is 0 Å². The Bertz CT molecular complexity index is 232. The average Bonchev–Trinajstić information content (AvgIpc) is 2.65. The fraction of sp³-hybridized carbons (Fsp3) is 1.00. The lowest BCUT2D eigenvalue weighted by atomic mass is 9.78. The van der Waals surface area contributed by atoms with E-state index in [1.807, 2.05) is 0 Å². The van der Waals surface area contributed by atoms with Crippen molar-refractivity contribution in [1.82, 2.24) is 5.32 Å². The second-order valence-corrected chi connectivity index (χ2v) is 7.79. The van der Waals surface area contributed by atoms with Gasteiger partial charge in [-0.2, -0.15) is 0 Å². The van der Waals surface area contributed by atoms with Gasteiger partial charge in [-0.25, -0.2) is 0 Å². The average molecular weight is 265 g/mol. The zero-order chi connectivity index (χ0) is 13.6. The molecule has 2 aliphatic rings. The fourth-order valence-corrected chi connectivity index (χ4v) is 4.55. The number of hydrogen-bond donors (Lipinski definition) is 1. The number of hydrogen-bond acceptors (Lipinski definition) is 1. The molecule has 0 aromatic heterocycles. The summed E-state index contributed by atoms with van der Waals surface area (Å²) in [7, 11) is 0. The standard InChI is InChI=1S/C18H35N/c1-16(2)13-18(11-7-8-12-18)15-19-14-17-9-5-3-4-6-10-17/h16-17,19H,3-15H2,1-2H3. The van der Waals surface area contributed by atoms with E-state index in [2.05, 4.69) is 19.2 Å². The van der Waals surface area contributed by atoms with Gasteiger partial charge in [0.15, 0.2) is 0 Å². The Morgan fingerprint density at radius 1 is 0.947 bits per heavy atom. The highest BCUT2D eigenvalue weighted by Crippen LogP contribution is 2.42. The summed E-state index contributed by atoms with van der Waals surface area (Å²) in [6.45, 7) is 7.37. The van der Waals surface area contributed by atoms with Crippen molar-refractivity contribution < 1.29 is 0 Å². The zero-order valence-corrected chi connectivity index (χ0v) is 13.3. The third-order valence-electron chi connectivity index (χ3n) is 5.41. The van der Waals surface area contributed by atoms with Crippen LogP contribution in [-0.2, 0) is 0 Å². The van der Waals surface area contributed by atoms with E-state index < -0.39 is 0 Å². The Labute approximate surface area is 120 Å². The molecule has 0 amide bonds. The number of nitrogens with one attached hydrogen (secondary N) is 1. The molecular weight excluding hydrogens is 230 g/mol. The molecule has 1 nitrogen and oxygen atoms in total. The Kier molecular flexibility index (Phi) is 6.19. The molecule has 0 bridgehead atoms. The molecule has 0 unspecified atom stereocenters. The van der Waals surface area contributed by atoms with Gasteiger partial charge >= 0.3 is 0 Å². The summed E-state index contributed by atoms with van der Waals surface area (Å²) >= 11 is 0. The predicted molar refractivity (Wildman–Crippen MR) is 84.4 cm³/mol. The van der Waals surface area contributed by atoms with Gasteiger partial charge in [0.25, 0.3) is 0 Å². The van der Waals surface area contributed by atoms with Crippen molar-refractivity contribution in [3.8, 4) is 0 Å². The van der Waals surface area contributed by atoms with Crippen molar-refractivity contribution in [2.75, 3.05) is 13.1 Å². The second kappa shape index (κ2) is 7.67. The van der Waals surface area contributed by atoms with Crippen molar-refractivity contribution in [3.63, 3.8) is 0 Å². The third kappa shape index (κ3) is 5.10. The molecule has 1 heteroatoms. The Morgan fingerprint density at radius 3 is 2.16 bits per heavy atom. The Balaban J connectivity index is 1.72. The predicted octanol–water partition coefficient (Wildman–Crippen LogP) is 5.15. The minimum absolute atomic E-state index is 0.652. The van der Waals surface area contributed by atoms with E-state index in [9.17, 15) is 0 Å². The van der Waals surface area contributed by atoms with Crippen LogP contribution < -0.4 is 5.32 Å². The SMILES string of the molecule is CC(C)CC1(CNCC2CCCCCC2)CCCC1. The molecular formula is C18H35N. The van der Waals surface area contributed by atoms with E-state index in [4.69, 9.17) is 0 Å². The molecule has 2 rings (SSSR count). The van der Waals surface area contributed by atoms with Crippen LogP contribution in [0.5, 0.6) is 0 Å². The van der Waals surface area contributed by atoms with Gasteiger partial charge in [-0.1, -0.05) is 52.4 Å². The number of rotatable bonds is 6. The summed E-state index contributed by atoms with van der Waals surface area (Å²) in [4.78, 5) is 0. The molecule has 1 N–H and O–H groups in total. The van der Waals surface area contributed by atoms with Gasteiger partial charge in [-0.3, -0.25) is 0 Å². The van der Waals surface area contributed by atoms with Gasteiger partial charge in [0.05, 0.1) is 0 Å². The van der Waals surface area contributed by atoms with Crippen molar-refractivity contribution in [2.45, 2.75) is 84.5 Å². The highest BCUT2D eigenvalue weighted by atomic mass is 14.9.